The monoisotopic (exact) mass is 429 g/mol. The van der Waals surface area contributed by atoms with Crippen LogP contribution in [0.3, 0.4) is 0 Å². The number of fused-ring (bicyclic) bond motifs is 1. The molecule has 0 spiro atoms. The summed E-state index contributed by atoms with van der Waals surface area (Å²) in [7, 11) is -3.51. The van der Waals surface area contributed by atoms with Crippen LogP contribution in [-0.2, 0) is 32.7 Å². The molecule has 10 nitrogen and oxygen atoms in total. The van der Waals surface area contributed by atoms with Crippen molar-refractivity contribution in [1.29, 1.82) is 0 Å². The smallest absolute Gasteiger partial charge is 0.356 e. The van der Waals surface area contributed by atoms with E-state index < -0.39 is 37.8 Å². The third-order valence-electron chi connectivity index (χ3n) is 3.74. The summed E-state index contributed by atoms with van der Waals surface area (Å²) in [5.41, 5.74) is 0.458. The molecule has 1 aromatic carbocycles. The number of hydrogen-bond acceptors (Lipinski definition) is 9. The van der Waals surface area contributed by atoms with E-state index >= 15 is 0 Å². The van der Waals surface area contributed by atoms with Gasteiger partial charge in [0.1, 0.15) is 25.7 Å². The second-order valence-corrected chi connectivity index (χ2v) is 7.91. The highest BCUT2D eigenvalue weighted by Crippen LogP contribution is 2.48. The van der Waals surface area contributed by atoms with Crippen LogP contribution in [0.15, 0.2) is 24.3 Å². The van der Waals surface area contributed by atoms with Crippen molar-refractivity contribution in [3.05, 3.63) is 35.4 Å². The van der Waals surface area contributed by atoms with Gasteiger partial charge in [0.25, 0.3) is 11.8 Å². The zero-order valence-corrected chi connectivity index (χ0v) is 17.4. The first-order valence-corrected chi connectivity index (χ1v) is 10.8. The number of carbonyl (C=O) groups excluding carboxylic acids is 3. The summed E-state index contributed by atoms with van der Waals surface area (Å²) in [6.45, 7) is 4.30. The van der Waals surface area contributed by atoms with Crippen molar-refractivity contribution in [1.82, 2.24) is 5.06 Å². The molecule has 11 heteroatoms. The normalized spacial score (nSPS) is 14.8. The van der Waals surface area contributed by atoms with Gasteiger partial charge in [0.2, 0.25) is 0 Å². The fourth-order valence-corrected chi connectivity index (χ4v) is 3.90. The van der Waals surface area contributed by atoms with Gasteiger partial charge < -0.3 is 18.5 Å². The second-order valence-electron chi connectivity index (χ2n) is 5.91. The molecule has 2 amide bonds. The Hall–Kier alpha value is -2.10. The van der Waals surface area contributed by atoms with Crippen LogP contribution in [0.2, 0.25) is 0 Å². The highest BCUT2D eigenvalue weighted by molar-refractivity contribution is 7.53. The van der Waals surface area contributed by atoms with Crippen LogP contribution >= 0.6 is 7.60 Å². The summed E-state index contributed by atoms with van der Waals surface area (Å²) >= 11 is 0. The summed E-state index contributed by atoms with van der Waals surface area (Å²) in [6.07, 6.45) is -1.33. The van der Waals surface area contributed by atoms with Crippen LogP contribution in [0.1, 0.15) is 41.5 Å². The van der Waals surface area contributed by atoms with E-state index in [0.717, 1.165) is 0 Å². The second kappa shape index (κ2) is 10.6. The maximum Gasteiger partial charge on any atom is 0.356 e. The minimum atomic E-state index is -3.51. The average Bonchev–Trinajstić information content (AvgIpc) is 2.92. The van der Waals surface area contributed by atoms with E-state index in [4.69, 9.17) is 23.4 Å². The van der Waals surface area contributed by atoms with Gasteiger partial charge >= 0.3 is 13.6 Å². The van der Waals surface area contributed by atoms with Gasteiger partial charge in [-0.1, -0.05) is 12.1 Å². The molecule has 1 heterocycles. The van der Waals surface area contributed by atoms with E-state index in [1.807, 2.05) is 0 Å². The largest absolute Gasteiger partial charge is 0.463 e. The number of hydrogen-bond donors (Lipinski definition) is 0. The summed E-state index contributed by atoms with van der Waals surface area (Å²) in [4.78, 5) is 41.1. The fraction of sp³-hybridized carbons (Fsp3) is 0.500. The van der Waals surface area contributed by atoms with Crippen molar-refractivity contribution in [2.45, 2.75) is 26.9 Å². The van der Waals surface area contributed by atoms with Crippen molar-refractivity contribution in [2.24, 2.45) is 0 Å². The molecule has 0 N–H and O–H groups in total. The number of imide groups is 1. The molecule has 160 valence electrons. The molecule has 0 aliphatic carbocycles. The lowest BCUT2D eigenvalue weighted by molar-refractivity contribution is -0.155. The van der Waals surface area contributed by atoms with Gasteiger partial charge in [-0.3, -0.25) is 23.8 Å². The molecule has 0 bridgehead atoms. The number of nitrogens with zero attached hydrogens (tertiary/aromatic N) is 1. The summed E-state index contributed by atoms with van der Waals surface area (Å²) in [6, 6.07) is 6.32. The molecule has 29 heavy (non-hydrogen) atoms. The van der Waals surface area contributed by atoms with E-state index in [2.05, 4.69) is 0 Å². The van der Waals surface area contributed by atoms with E-state index in [1.54, 1.807) is 26.0 Å². The lowest BCUT2D eigenvalue weighted by Crippen LogP contribution is -2.36. The van der Waals surface area contributed by atoms with Gasteiger partial charge in [0.05, 0.1) is 24.3 Å². The van der Waals surface area contributed by atoms with E-state index in [1.165, 1.54) is 19.1 Å². The molecule has 0 radical (unpaired) electrons. The lowest BCUT2D eigenvalue weighted by atomic mass is 10.1. The molecule has 0 fully saturated rings. The molecule has 1 atom stereocenters. The average molecular weight is 429 g/mol. The predicted octanol–water partition coefficient (Wildman–Crippen LogP) is 2.39. The van der Waals surface area contributed by atoms with Crippen molar-refractivity contribution in [3.8, 4) is 0 Å². The van der Waals surface area contributed by atoms with Crippen LogP contribution in [-0.4, -0.2) is 61.7 Å². The number of esters is 1. The molecule has 1 aromatic rings. The van der Waals surface area contributed by atoms with Crippen LogP contribution in [0.4, 0.5) is 0 Å². The molecule has 0 saturated heterocycles. The maximum atomic E-state index is 12.5. The van der Waals surface area contributed by atoms with Gasteiger partial charge in [-0.2, -0.15) is 0 Å². The molecular weight excluding hydrogens is 405 g/mol. The topological polar surface area (TPSA) is 118 Å². The first-order valence-electron chi connectivity index (χ1n) is 9.05. The summed E-state index contributed by atoms with van der Waals surface area (Å²) < 4.78 is 33.2. The minimum Gasteiger partial charge on any atom is -0.463 e. The Labute approximate surface area is 168 Å². The SMILES string of the molecule is CCOP(=O)(COC(COC(C)=O)CON1C(=O)c2ccccc2C1=O)OCC. The Morgan fingerprint density at radius 3 is 2.07 bits per heavy atom. The fourth-order valence-electron chi connectivity index (χ4n) is 2.50. The van der Waals surface area contributed by atoms with Crippen molar-refractivity contribution < 1.29 is 42.3 Å². The highest BCUT2D eigenvalue weighted by Gasteiger charge is 2.37. The van der Waals surface area contributed by atoms with Gasteiger partial charge in [-0.05, 0) is 26.0 Å². The Morgan fingerprint density at radius 2 is 1.59 bits per heavy atom. The quantitative estimate of drug-likeness (QED) is 0.280. The molecule has 1 aliphatic heterocycles. The summed E-state index contributed by atoms with van der Waals surface area (Å²) in [5, 5.41) is 0.624. The van der Waals surface area contributed by atoms with E-state index in [-0.39, 0.29) is 37.6 Å². The third-order valence-corrected chi connectivity index (χ3v) is 5.51. The number of amides is 2. The van der Waals surface area contributed by atoms with Crippen LogP contribution in [0, 0.1) is 0 Å². The van der Waals surface area contributed by atoms with Gasteiger partial charge in [0.15, 0.2) is 0 Å². The highest BCUT2D eigenvalue weighted by atomic mass is 31.2. The molecule has 0 aromatic heterocycles. The number of hydroxylamine groups is 2. The standard InChI is InChI=1S/C18H24NO9P/c1-4-27-29(23,28-5-2)12-25-14(10-24-13(3)20)11-26-19-17(21)15-8-6-7-9-16(15)18(19)22/h6-9,14H,4-5,10-12H2,1-3H3. The van der Waals surface area contributed by atoms with Crippen molar-refractivity contribution >= 4 is 25.4 Å². The maximum absolute atomic E-state index is 12.5. The zero-order chi connectivity index (χ0) is 21.4. The Bertz CT molecular complexity index is 752. The Balaban J connectivity index is 2.01. The van der Waals surface area contributed by atoms with Crippen LogP contribution in [0.5, 0.6) is 0 Å². The third kappa shape index (κ3) is 6.19. The Morgan fingerprint density at radius 1 is 1.03 bits per heavy atom. The van der Waals surface area contributed by atoms with Crippen molar-refractivity contribution in [2.75, 3.05) is 32.8 Å². The predicted molar refractivity (Wildman–Crippen MR) is 100 cm³/mol. The van der Waals surface area contributed by atoms with E-state index in [9.17, 15) is 18.9 Å². The van der Waals surface area contributed by atoms with Gasteiger partial charge in [-0.15, -0.1) is 5.06 Å². The molecular formula is C18H24NO9P. The minimum absolute atomic E-state index is 0.154. The summed E-state index contributed by atoms with van der Waals surface area (Å²) in [5.74, 6) is -1.77. The number of carbonyl (C=O) groups is 3. The first-order chi connectivity index (χ1) is 13.8. The molecule has 0 saturated carbocycles. The van der Waals surface area contributed by atoms with Gasteiger partial charge in [0, 0.05) is 6.92 Å². The van der Waals surface area contributed by atoms with E-state index in [0.29, 0.717) is 5.06 Å². The van der Waals surface area contributed by atoms with Crippen LogP contribution in [0.25, 0.3) is 0 Å². The number of rotatable bonds is 12. The van der Waals surface area contributed by atoms with Gasteiger partial charge in [-0.25, -0.2) is 0 Å². The Kier molecular flexibility index (Phi) is 8.48. The molecule has 1 aliphatic rings. The first kappa shape index (κ1) is 23.2. The number of ether oxygens (including phenoxy) is 2. The lowest BCUT2D eigenvalue weighted by Gasteiger charge is -2.23. The van der Waals surface area contributed by atoms with Crippen molar-refractivity contribution in [3.63, 3.8) is 0 Å². The van der Waals surface area contributed by atoms with Crippen LogP contribution < -0.4 is 0 Å². The molecule has 2 rings (SSSR count). The molecule has 1 unspecified atom stereocenters. The number of benzene rings is 1. The zero-order valence-electron chi connectivity index (χ0n) is 16.5.